The third-order valence-electron chi connectivity index (χ3n) is 2.23. The first-order valence-electron chi connectivity index (χ1n) is 5.13. The second kappa shape index (κ2) is 5.22. The molecule has 0 saturated heterocycles. The van der Waals surface area contributed by atoms with Crippen molar-refractivity contribution in [3.63, 3.8) is 0 Å². The Labute approximate surface area is 102 Å². The number of nitrogens with zero attached hydrogens (tertiary/aromatic N) is 2. The van der Waals surface area contributed by atoms with Crippen LogP contribution in [0.5, 0.6) is 5.88 Å². The number of rotatable bonds is 4. The molecule has 1 heterocycles. The van der Waals surface area contributed by atoms with Crippen molar-refractivity contribution in [3.8, 4) is 5.88 Å². The highest BCUT2D eigenvalue weighted by Gasteiger charge is 2.05. The average molecular weight is 248 g/mol. The summed E-state index contributed by atoms with van der Waals surface area (Å²) >= 11 is 0. The van der Waals surface area contributed by atoms with Gasteiger partial charge in [0.2, 0.25) is 5.88 Å². The molecular formula is C12H9FN2O3. The van der Waals surface area contributed by atoms with Crippen LogP contribution < -0.4 is 4.74 Å². The molecule has 0 aliphatic carbocycles. The molecule has 2 aromatic rings. The maximum Gasteiger partial charge on any atom is 0.287 e. The van der Waals surface area contributed by atoms with Gasteiger partial charge >= 0.3 is 0 Å². The van der Waals surface area contributed by atoms with Crippen molar-refractivity contribution >= 4 is 5.69 Å². The maximum absolute atomic E-state index is 12.7. The van der Waals surface area contributed by atoms with Crippen LogP contribution in [-0.2, 0) is 6.61 Å². The Morgan fingerprint density at radius 3 is 2.50 bits per heavy atom. The quantitative estimate of drug-likeness (QED) is 0.616. The topological polar surface area (TPSA) is 65.3 Å². The monoisotopic (exact) mass is 248 g/mol. The summed E-state index contributed by atoms with van der Waals surface area (Å²) in [5.74, 6) is -0.0304. The molecule has 0 N–H and O–H groups in total. The van der Waals surface area contributed by atoms with Gasteiger partial charge in [-0.1, -0.05) is 12.1 Å². The molecule has 0 spiro atoms. The Morgan fingerprint density at radius 2 is 1.94 bits per heavy atom. The van der Waals surface area contributed by atoms with E-state index in [9.17, 15) is 14.5 Å². The number of ether oxygens (including phenoxy) is 1. The first kappa shape index (κ1) is 12.0. The minimum absolute atomic E-state index is 0.0934. The highest BCUT2D eigenvalue weighted by Crippen LogP contribution is 2.14. The van der Waals surface area contributed by atoms with Crippen molar-refractivity contribution in [3.05, 3.63) is 64.1 Å². The van der Waals surface area contributed by atoms with E-state index < -0.39 is 4.92 Å². The van der Waals surface area contributed by atoms with Crippen LogP contribution >= 0.6 is 0 Å². The van der Waals surface area contributed by atoms with Crippen molar-refractivity contribution in [2.45, 2.75) is 6.61 Å². The van der Waals surface area contributed by atoms with E-state index >= 15 is 0 Å². The molecule has 5 nitrogen and oxygen atoms in total. The second-order valence-electron chi connectivity index (χ2n) is 3.53. The Hall–Kier alpha value is -2.50. The number of pyridine rings is 1. The van der Waals surface area contributed by atoms with Crippen molar-refractivity contribution < 1.29 is 14.1 Å². The van der Waals surface area contributed by atoms with Crippen LogP contribution in [-0.4, -0.2) is 9.91 Å². The zero-order valence-electron chi connectivity index (χ0n) is 9.25. The fourth-order valence-electron chi connectivity index (χ4n) is 1.30. The number of aromatic nitrogens is 1. The fraction of sp³-hybridized carbons (Fsp3) is 0.0833. The van der Waals surface area contributed by atoms with E-state index in [2.05, 4.69) is 4.98 Å². The zero-order chi connectivity index (χ0) is 13.0. The molecule has 0 radical (unpaired) electrons. The van der Waals surface area contributed by atoms with Gasteiger partial charge < -0.3 is 4.74 Å². The van der Waals surface area contributed by atoms with Gasteiger partial charge in [-0.25, -0.2) is 9.37 Å². The van der Waals surface area contributed by atoms with Crippen LogP contribution in [0.2, 0.25) is 0 Å². The predicted octanol–water partition coefficient (Wildman–Crippen LogP) is 2.71. The fourth-order valence-corrected chi connectivity index (χ4v) is 1.30. The van der Waals surface area contributed by atoms with Crippen LogP contribution in [0.25, 0.3) is 0 Å². The summed E-state index contributed by atoms with van der Waals surface area (Å²) in [6, 6.07) is 8.60. The van der Waals surface area contributed by atoms with Gasteiger partial charge in [0.25, 0.3) is 5.69 Å². The Balaban J connectivity index is 1.97. The highest BCUT2D eigenvalue weighted by molar-refractivity contribution is 5.29. The summed E-state index contributed by atoms with van der Waals surface area (Å²) in [7, 11) is 0. The molecule has 0 atom stereocenters. The smallest absolute Gasteiger partial charge is 0.287 e. The summed E-state index contributed by atoms with van der Waals surface area (Å²) < 4.78 is 18.0. The van der Waals surface area contributed by atoms with Gasteiger partial charge in [0.05, 0.1) is 4.92 Å². The second-order valence-corrected chi connectivity index (χ2v) is 3.53. The van der Waals surface area contributed by atoms with Gasteiger partial charge in [-0.15, -0.1) is 0 Å². The van der Waals surface area contributed by atoms with Gasteiger partial charge in [0.1, 0.15) is 18.6 Å². The minimum atomic E-state index is -0.531. The SMILES string of the molecule is O=[N+]([O-])c1ccc(OCc2ccc(F)cc2)nc1. The van der Waals surface area contributed by atoms with Crippen LogP contribution in [0.15, 0.2) is 42.6 Å². The lowest BCUT2D eigenvalue weighted by atomic mass is 10.2. The Bertz CT molecular complexity index is 540. The Kier molecular flexibility index (Phi) is 3.47. The molecule has 0 aliphatic heterocycles. The van der Waals surface area contributed by atoms with Crippen LogP contribution in [0.1, 0.15) is 5.56 Å². The van der Waals surface area contributed by atoms with Gasteiger partial charge in [-0.2, -0.15) is 0 Å². The van der Waals surface area contributed by atoms with E-state index in [1.54, 1.807) is 12.1 Å². The Morgan fingerprint density at radius 1 is 1.22 bits per heavy atom. The average Bonchev–Trinajstić information content (AvgIpc) is 2.38. The van der Waals surface area contributed by atoms with Crippen molar-refractivity contribution in [1.82, 2.24) is 4.98 Å². The molecule has 0 unspecified atom stereocenters. The number of halogens is 1. The summed E-state index contributed by atoms with van der Waals surface area (Å²) in [6.07, 6.45) is 1.12. The van der Waals surface area contributed by atoms with E-state index in [1.165, 1.54) is 24.3 Å². The molecule has 0 aliphatic rings. The molecule has 6 heteroatoms. The van der Waals surface area contributed by atoms with E-state index in [4.69, 9.17) is 4.74 Å². The summed E-state index contributed by atoms with van der Waals surface area (Å²) in [5, 5.41) is 10.4. The third-order valence-corrected chi connectivity index (χ3v) is 2.23. The van der Waals surface area contributed by atoms with E-state index in [-0.39, 0.29) is 24.0 Å². The standard InChI is InChI=1S/C12H9FN2O3/c13-10-3-1-9(2-4-10)8-18-12-6-5-11(7-14-12)15(16)17/h1-7H,8H2. The molecule has 1 aromatic heterocycles. The molecule has 0 fully saturated rings. The molecule has 0 amide bonds. The van der Waals surface area contributed by atoms with Gasteiger partial charge in [0.15, 0.2) is 0 Å². The van der Waals surface area contributed by atoms with Crippen molar-refractivity contribution in [1.29, 1.82) is 0 Å². The largest absolute Gasteiger partial charge is 0.473 e. The molecule has 0 bridgehead atoms. The number of benzene rings is 1. The zero-order valence-corrected chi connectivity index (χ0v) is 9.25. The first-order chi connectivity index (χ1) is 8.65. The lowest BCUT2D eigenvalue weighted by Crippen LogP contribution is -1.97. The molecular weight excluding hydrogens is 239 g/mol. The van der Waals surface area contributed by atoms with Gasteiger partial charge in [-0.05, 0) is 17.7 Å². The summed E-state index contributed by atoms with van der Waals surface area (Å²) in [4.78, 5) is 13.7. The highest BCUT2D eigenvalue weighted by atomic mass is 19.1. The molecule has 18 heavy (non-hydrogen) atoms. The van der Waals surface area contributed by atoms with Gasteiger partial charge in [-0.3, -0.25) is 10.1 Å². The number of hydrogen-bond donors (Lipinski definition) is 0. The molecule has 1 aromatic carbocycles. The van der Waals surface area contributed by atoms with Crippen LogP contribution in [0.4, 0.5) is 10.1 Å². The van der Waals surface area contributed by atoms with E-state index in [0.717, 1.165) is 11.8 Å². The lowest BCUT2D eigenvalue weighted by Gasteiger charge is -2.04. The number of nitro groups is 1. The molecule has 0 saturated carbocycles. The van der Waals surface area contributed by atoms with Gasteiger partial charge in [0, 0.05) is 12.1 Å². The van der Waals surface area contributed by atoms with Crippen molar-refractivity contribution in [2.75, 3.05) is 0 Å². The first-order valence-corrected chi connectivity index (χ1v) is 5.13. The van der Waals surface area contributed by atoms with Crippen molar-refractivity contribution in [2.24, 2.45) is 0 Å². The molecule has 92 valence electrons. The van der Waals surface area contributed by atoms with E-state index in [0.29, 0.717) is 0 Å². The van der Waals surface area contributed by atoms with E-state index in [1.807, 2.05) is 0 Å². The minimum Gasteiger partial charge on any atom is -0.473 e. The van der Waals surface area contributed by atoms with Crippen LogP contribution in [0.3, 0.4) is 0 Å². The normalized spacial score (nSPS) is 10.1. The third kappa shape index (κ3) is 3.00. The molecule has 2 rings (SSSR count). The lowest BCUT2D eigenvalue weighted by molar-refractivity contribution is -0.385. The summed E-state index contributed by atoms with van der Waals surface area (Å²) in [5.41, 5.74) is 0.695. The van der Waals surface area contributed by atoms with Crippen LogP contribution in [0, 0.1) is 15.9 Å². The maximum atomic E-state index is 12.7. The number of hydrogen-bond acceptors (Lipinski definition) is 4. The summed E-state index contributed by atoms with van der Waals surface area (Å²) in [6.45, 7) is 0.227. The predicted molar refractivity (Wildman–Crippen MR) is 61.6 cm³/mol.